The van der Waals surface area contributed by atoms with Crippen LogP contribution in [0.25, 0.3) is 0 Å². The highest BCUT2D eigenvalue weighted by molar-refractivity contribution is 5.73. The lowest BCUT2D eigenvalue weighted by molar-refractivity contribution is -0.131. The second-order valence-electron chi connectivity index (χ2n) is 6.44. The summed E-state index contributed by atoms with van der Waals surface area (Å²) < 4.78 is 0. The molecule has 0 radical (unpaired) electrons. The summed E-state index contributed by atoms with van der Waals surface area (Å²) in [5, 5.41) is 0. The monoisotopic (exact) mass is 238 g/mol. The predicted molar refractivity (Wildman–Crippen MR) is 69.9 cm³/mol. The Morgan fingerprint density at radius 3 is 2.06 bits per heavy atom. The van der Waals surface area contributed by atoms with Gasteiger partial charge in [-0.2, -0.15) is 0 Å². The molecule has 0 atom stereocenters. The van der Waals surface area contributed by atoms with E-state index in [9.17, 15) is 4.79 Å². The quantitative estimate of drug-likeness (QED) is 0.698. The molecule has 98 valence electrons. The normalized spacial score (nSPS) is 27.1. The SMILES string of the molecule is CC(=O)N1CCN(C2CCC(C)(C)CC2)CC1. The Hall–Kier alpha value is -0.570. The fraction of sp³-hybridized carbons (Fsp3) is 0.929. The molecule has 2 fully saturated rings. The van der Waals surface area contributed by atoms with Crippen LogP contribution >= 0.6 is 0 Å². The zero-order valence-corrected chi connectivity index (χ0v) is 11.5. The maximum Gasteiger partial charge on any atom is 0.219 e. The number of carbonyl (C=O) groups excluding carboxylic acids is 1. The summed E-state index contributed by atoms with van der Waals surface area (Å²) in [6.45, 7) is 10.5. The Morgan fingerprint density at radius 1 is 1.06 bits per heavy atom. The summed E-state index contributed by atoms with van der Waals surface area (Å²) in [5.41, 5.74) is 0.553. The summed E-state index contributed by atoms with van der Waals surface area (Å²) in [4.78, 5) is 15.9. The first kappa shape index (κ1) is 12.9. The summed E-state index contributed by atoms with van der Waals surface area (Å²) in [7, 11) is 0. The number of hydrogen-bond donors (Lipinski definition) is 0. The van der Waals surface area contributed by atoms with Gasteiger partial charge in [-0.1, -0.05) is 13.8 Å². The van der Waals surface area contributed by atoms with E-state index < -0.39 is 0 Å². The van der Waals surface area contributed by atoms with Gasteiger partial charge in [-0.3, -0.25) is 9.69 Å². The van der Waals surface area contributed by atoms with Crippen molar-refractivity contribution in [3.05, 3.63) is 0 Å². The van der Waals surface area contributed by atoms with Gasteiger partial charge in [0.25, 0.3) is 0 Å². The summed E-state index contributed by atoms with van der Waals surface area (Å²) in [6.07, 6.45) is 5.38. The average Bonchev–Trinajstić information content (AvgIpc) is 2.29. The smallest absolute Gasteiger partial charge is 0.219 e. The lowest BCUT2D eigenvalue weighted by atomic mass is 9.75. The van der Waals surface area contributed by atoms with Gasteiger partial charge < -0.3 is 4.90 Å². The average molecular weight is 238 g/mol. The zero-order chi connectivity index (χ0) is 12.5. The van der Waals surface area contributed by atoms with Gasteiger partial charge in [0, 0.05) is 39.1 Å². The summed E-state index contributed by atoms with van der Waals surface area (Å²) in [6, 6.07) is 0.775. The molecule has 0 N–H and O–H groups in total. The fourth-order valence-corrected chi connectivity index (χ4v) is 3.15. The third-order valence-electron chi connectivity index (χ3n) is 4.58. The van der Waals surface area contributed by atoms with Crippen LogP contribution in [0.4, 0.5) is 0 Å². The Bertz CT molecular complexity index is 270. The van der Waals surface area contributed by atoms with Crippen molar-refractivity contribution in [1.82, 2.24) is 9.80 Å². The van der Waals surface area contributed by atoms with Gasteiger partial charge in [0.1, 0.15) is 0 Å². The van der Waals surface area contributed by atoms with Gasteiger partial charge in [-0.25, -0.2) is 0 Å². The first-order chi connectivity index (χ1) is 7.98. The Morgan fingerprint density at radius 2 is 1.59 bits per heavy atom. The Kier molecular flexibility index (Phi) is 3.76. The predicted octanol–water partition coefficient (Wildman–Crippen LogP) is 2.12. The van der Waals surface area contributed by atoms with Crippen LogP contribution in [0.2, 0.25) is 0 Å². The highest BCUT2D eigenvalue weighted by atomic mass is 16.2. The Balaban J connectivity index is 1.80. The van der Waals surface area contributed by atoms with Gasteiger partial charge in [-0.15, -0.1) is 0 Å². The minimum Gasteiger partial charge on any atom is -0.340 e. The lowest BCUT2D eigenvalue weighted by Crippen LogP contribution is -2.52. The fourth-order valence-electron chi connectivity index (χ4n) is 3.15. The van der Waals surface area contributed by atoms with Crippen LogP contribution in [0.15, 0.2) is 0 Å². The summed E-state index contributed by atoms with van der Waals surface area (Å²) in [5.74, 6) is 0.231. The van der Waals surface area contributed by atoms with E-state index in [0.717, 1.165) is 32.2 Å². The third kappa shape index (κ3) is 3.21. The van der Waals surface area contributed by atoms with E-state index in [2.05, 4.69) is 18.7 Å². The highest BCUT2D eigenvalue weighted by Crippen LogP contribution is 2.37. The molecule has 1 heterocycles. The molecule has 0 aromatic rings. The van der Waals surface area contributed by atoms with Gasteiger partial charge in [0.05, 0.1) is 0 Å². The van der Waals surface area contributed by atoms with Crippen LogP contribution in [-0.2, 0) is 4.79 Å². The van der Waals surface area contributed by atoms with Crippen molar-refractivity contribution in [1.29, 1.82) is 0 Å². The van der Waals surface area contributed by atoms with Gasteiger partial charge in [0.2, 0.25) is 5.91 Å². The van der Waals surface area contributed by atoms with E-state index in [1.165, 1.54) is 25.7 Å². The van der Waals surface area contributed by atoms with E-state index in [1.54, 1.807) is 6.92 Å². The molecular formula is C14H26N2O. The van der Waals surface area contributed by atoms with Crippen LogP contribution < -0.4 is 0 Å². The first-order valence-electron chi connectivity index (χ1n) is 6.97. The molecule has 2 aliphatic rings. The molecule has 3 nitrogen and oxygen atoms in total. The minimum atomic E-state index is 0.231. The maximum atomic E-state index is 11.3. The van der Waals surface area contributed by atoms with Crippen LogP contribution in [0.3, 0.4) is 0 Å². The topological polar surface area (TPSA) is 23.6 Å². The van der Waals surface area contributed by atoms with Crippen molar-refractivity contribution < 1.29 is 4.79 Å². The molecule has 1 amide bonds. The van der Waals surface area contributed by atoms with E-state index in [0.29, 0.717) is 5.41 Å². The van der Waals surface area contributed by atoms with Crippen molar-refractivity contribution in [2.24, 2.45) is 5.41 Å². The third-order valence-corrected chi connectivity index (χ3v) is 4.58. The largest absolute Gasteiger partial charge is 0.340 e. The summed E-state index contributed by atoms with van der Waals surface area (Å²) >= 11 is 0. The lowest BCUT2D eigenvalue weighted by Gasteiger charge is -2.43. The molecule has 3 heteroatoms. The molecule has 2 rings (SSSR count). The van der Waals surface area contributed by atoms with E-state index >= 15 is 0 Å². The molecule has 1 aliphatic carbocycles. The molecule has 1 saturated carbocycles. The molecular weight excluding hydrogens is 212 g/mol. The zero-order valence-electron chi connectivity index (χ0n) is 11.5. The van der Waals surface area contributed by atoms with E-state index in [4.69, 9.17) is 0 Å². The second-order valence-corrected chi connectivity index (χ2v) is 6.44. The van der Waals surface area contributed by atoms with Crippen LogP contribution in [0, 0.1) is 5.41 Å². The minimum absolute atomic E-state index is 0.231. The van der Waals surface area contributed by atoms with Crippen LogP contribution in [-0.4, -0.2) is 47.9 Å². The van der Waals surface area contributed by atoms with Gasteiger partial charge in [-0.05, 0) is 31.1 Å². The number of piperazine rings is 1. The molecule has 0 bridgehead atoms. The van der Waals surface area contributed by atoms with E-state index in [-0.39, 0.29) is 5.91 Å². The van der Waals surface area contributed by atoms with Crippen LogP contribution in [0.1, 0.15) is 46.5 Å². The van der Waals surface area contributed by atoms with Gasteiger partial charge >= 0.3 is 0 Å². The van der Waals surface area contributed by atoms with Crippen molar-refractivity contribution in [2.45, 2.75) is 52.5 Å². The van der Waals surface area contributed by atoms with E-state index in [1.807, 2.05) is 4.90 Å². The standard InChI is InChI=1S/C14H26N2O/c1-12(17)15-8-10-16(11-9-15)13-4-6-14(2,3)7-5-13/h13H,4-11H2,1-3H3. The molecule has 0 aromatic carbocycles. The number of amides is 1. The van der Waals surface area contributed by atoms with Gasteiger partial charge in [0.15, 0.2) is 0 Å². The van der Waals surface area contributed by atoms with Crippen molar-refractivity contribution in [3.63, 3.8) is 0 Å². The number of carbonyl (C=O) groups is 1. The maximum absolute atomic E-state index is 11.3. The Labute approximate surface area is 105 Å². The van der Waals surface area contributed by atoms with Crippen molar-refractivity contribution in [2.75, 3.05) is 26.2 Å². The molecule has 1 saturated heterocycles. The first-order valence-corrected chi connectivity index (χ1v) is 6.97. The molecule has 0 aromatic heterocycles. The van der Waals surface area contributed by atoms with Crippen molar-refractivity contribution >= 4 is 5.91 Å². The number of rotatable bonds is 1. The number of nitrogens with zero attached hydrogens (tertiary/aromatic N) is 2. The van der Waals surface area contributed by atoms with Crippen molar-refractivity contribution in [3.8, 4) is 0 Å². The molecule has 0 spiro atoms. The second kappa shape index (κ2) is 4.97. The van der Waals surface area contributed by atoms with Crippen LogP contribution in [0.5, 0.6) is 0 Å². The molecule has 17 heavy (non-hydrogen) atoms. The number of hydrogen-bond acceptors (Lipinski definition) is 2. The highest BCUT2D eigenvalue weighted by Gasteiger charge is 2.31. The molecule has 0 unspecified atom stereocenters. The molecule has 1 aliphatic heterocycles.